The fraction of sp³-hybridized carbons (Fsp3) is 0.385. The van der Waals surface area contributed by atoms with Gasteiger partial charge >= 0.3 is 0 Å². The van der Waals surface area contributed by atoms with Crippen LogP contribution in [0.25, 0.3) is 0 Å². The minimum atomic E-state index is -0.607. The number of benzene rings is 1. The quantitative estimate of drug-likeness (QED) is 0.550. The van der Waals surface area contributed by atoms with Gasteiger partial charge < -0.3 is 0 Å². The first kappa shape index (κ1) is 12.4. The molecule has 0 aliphatic rings. The molecular formula is C13H14Cl2. The van der Waals surface area contributed by atoms with Crippen molar-refractivity contribution in [2.24, 2.45) is 0 Å². The molecule has 0 nitrogen and oxygen atoms in total. The summed E-state index contributed by atoms with van der Waals surface area (Å²) in [5.74, 6) is 5.62. The van der Waals surface area contributed by atoms with Crippen LogP contribution in [0.2, 0.25) is 0 Å². The molecule has 0 fully saturated rings. The van der Waals surface area contributed by atoms with Crippen LogP contribution in [-0.2, 0) is 6.42 Å². The molecule has 0 bridgehead atoms. The lowest BCUT2D eigenvalue weighted by atomic mass is 10.1. The lowest BCUT2D eigenvalue weighted by Crippen LogP contribution is -1.85. The molecular weight excluding hydrogens is 227 g/mol. The van der Waals surface area contributed by atoms with Crippen LogP contribution in [0.4, 0.5) is 0 Å². The zero-order chi connectivity index (χ0) is 11.1. The van der Waals surface area contributed by atoms with E-state index in [1.165, 1.54) is 18.4 Å². The number of rotatable bonds is 3. The molecule has 0 unspecified atom stereocenters. The van der Waals surface area contributed by atoms with E-state index in [2.05, 4.69) is 30.9 Å². The molecule has 15 heavy (non-hydrogen) atoms. The third-order valence-electron chi connectivity index (χ3n) is 2.10. The van der Waals surface area contributed by atoms with Crippen LogP contribution in [0, 0.1) is 11.8 Å². The minimum absolute atomic E-state index is 0.607. The van der Waals surface area contributed by atoms with Gasteiger partial charge in [-0.15, -0.1) is 0 Å². The van der Waals surface area contributed by atoms with Crippen molar-refractivity contribution >= 4 is 23.2 Å². The Morgan fingerprint density at radius 3 is 2.40 bits per heavy atom. The van der Waals surface area contributed by atoms with Gasteiger partial charge in [0.25, 0.3) is 0 Å². The number of aryl methyl sites for hydroxylation is 1. The molecule has 0 heterocycles. The van der Waals surface area contributed by atoms with Crippen LogP contribution >= 0.6 is 23.2 Å². The van der Waals surface area contributed by atoms with E-state index < -0.39 is 4.84 Å². The average molecular weight is 241 g/mol. The molecule has 1 rings (SSSR count). The molecule has 0 saturated heterocycles. The molecule has 0 saturated carbocycles. The third-order valence-corrected chi connectivity index (χ3v) is 2.32. The molecule has 80 valence electrons. The summed E-state index contributed by atoms with van der Waals surface area (Å²) in [4.78, 5) is -0.607. The number of unbranched alkanes of at least 4 members (excludes halogenated alkanes) is 1. The first-order valence-electron chi connectivity index (χ1n) is 5.11. The molecule has 1 aromatic carbocycles. The molecule has 0 aliphatic heterocycles. The van der Waals surface area contributed by atoms with Gasteiger partial charge in [-0.25, -0.2) is 0 Å². The monoisotopic (exact) mass is 240 g/mol. The number of alkyl halides is 2. The molecule has 2 heteroatoms. The maximum atomic E-state index is 5.52. The zero-order valence-electron chi connectivity index (χ0n) is 8.76. The van der Waals surface area contributed by atoms with Crippen molar-refractivity contribution in [2.75, 3.05) is 0 Å². The Bertz CT molecular complexity index is 341. The summed E-state index contributed by atoms with van der Waals surface area (Å²) in [6.07, 6.45) is 3.59. The Labute approximate surface area is 102 Å². The van der Waals surface area contributed by atoms with E-state index in [0.29, 0.717) is 0 Å². The van der Waals surface area contributed by atoms with Crippen LogP contribution in [0.15, 0.2) is 24.3 Å². The van der Waals surface area contributed by atoms with Crippen LogP contribution < -0.4 is 0 Å². The summed E-state index contributed by atoms with van der Waals surface area (Å²) in [5.41, 5.74) is 2.32. The lowest BCUT2D eigenvalue weighted by molar-refractivity contribution is 0.795. The normalized spacial score (nSPS) is 9.87. The predicted octanol–water partition coefficient (Wildman–Crippen LogP) is 4.18. The summed E-state index contributed by atoms with van der Waals surface area (Å²) < 4.78 is 0. The number of hydrogen-bond acceptors (Lipinski definition) is 0. The molecule has 0 aromatic heterocycles. The highest BCUT2D eigenvalue weighted by molar-refractivity contribution is 6.46. The van der Waals surface area contributed by atoms with Gasteiger partial charge in [0.1, 0.15) is 0 Å². The maximum Gasteiger partial charge on any atom is 0.168 e. The zero-order valence-corrected chi connectivity index (χ0v) is 10.3. The summed E-state index contributed by atoms with van der Waals surface area (Å²) >= 11 is 11.0. The highest BCUT2D eigenvalue weighted by Gasteiger charge is 1.93. The van der Waals surface area contributed by atoms with Crippen molar-refractivity contribution in [3.8, 4) is 11.8 Å². The Hall–Kier alpha value is -0.640. The lowest BCUT2D eigenvalue weighted by Gasteiger charge is -1.99. The van der Waals surface area contributed by atoms with Gasteiger partial charge in [-0.3, -0.25) is 0 Å². The highest BCUT2D eigenvalue weighted by Crippen LogP contribution is 2.07. The van der Waals surface area contributed by atoms with Gasteiger partial charge in [0.05, 0.1) is 0 Å². The van der Waals surface area contributed by atoms with Gasteiger partial charge in [0.15, 0.2) is 4.84 Å². The van der Waals surface area contributed by atoms with Crippen LogP contribution in [-0.4, -0.2) is 4.84 Å². The molecule has 1 aromatic rings. The first-order valence-corrected chi connectivity index (χ1v) is 5.98. The van der Waals surface area contributed by atoms with Gasteiger partial charge in [-0.05, 0) is 30.5 Å². The molecule has 0 aliphatic carbocycles. The van der Waals surface area contributed by atoms with E-state index >= 15 is 0 Å². The molecule has 0 spiro atoms. The van der Waals surface area contributed by atoms with Crippen LogP contribution in [0.1, 0.15) is 30.9 Å². The Balaban J connectivity index is 2.61. The van der Waals surface area contributed by atoms with Gasteiger partial charge in [0.2, 0.25) is 0 Å². The van der Waals surface area contributed by atoms with Crippen molar-refractivity contribution in [3.05, 3.63) is 35.4 Å². The van der Waals surface area contributed by atoms with E-state index in [4.69, 9.17) is 23.2 Å². The van der Waals surface area contributed by atoms with Crippen molar-refractivity contribution in [2.45, 2.75) is 31.0 Å². The number of halogens is 2. The minimum Gasteiger partial charge on any atom is -0.0909 e. The van der Waals surface area contributed by atoms with Crippen molar-refractivity contribution in [3.63, 3.8) is 0 Å². The SMILES string of the molecule is CCCCc1ccc(C#CC(Cl)Cl)cc1. The molecule has 0 radical (unpaired) electrons. The second-order valence-corrected chi connectivity index (χ2v) is 4.47. The first-order chi connectivity index (χ1) is 7.22. The van der Waals surface area contributed by atoms with Crippen LogP contribution in [0.5, 0.6) is 0 Å². The van der Waals surface area contributed by atoms with Gasteiger partial charge in [-0.1, -0.05) is 60.5 Å². The fourth-order valence-corrected chi connectivity index (χ4v) is 1.38. The van der Waals surface area contributed by atoms with Gasteiger partial charge in [-0.2, -0.15) is 0 Å². The summed E-state index contributed by atoms with van der Waals surface area (Å²) in [6, 6.07) is 8.23. The van der Waals surface area contributed by atoms with E-state index in [9.17, 15) is 0 Å². The standard InChI is InChI=1S/C13H14Cl2/c1-2-3-4-11-5-7-12(8-6-11)9-10-13(14)15/h5-8,13H,2-4H2,1H3. The van der Waals surface area contributed by atoms with E-state index in [1.807, 2.05) is 12.1 Å². The van der Waals surface area contributed by atoms with E-state index in [1.54, 1.807) is 0 Å². The molecule has 0 N–H and O–H groups in total. The molecule has 0 amide bonds. The Morgan fingerprint density at radius 2 is 1.87 bits per heavy atom. The average Bonchev–Trinajstić information content (AvgIpc) is 2.25. The topological polar surface area (TPSA) is 0 Å². The highest BCUT2D eigenvalue weighted by atomic mass is 35.5. The largest absolute Gasteiger partial charge is 0.168 e. The van der Waals surface area contributed by atoms with E-state index in [0.717, 1.165) is 12.0 Å². The summed E-state index contributed by atoms with van der Waals surface area (Å²) in [6.45, 7) is 2.20. The second kappa shape index (κ2) is 6.77. The maximum absolute atomic E-state index is 5.52. The van der Waals surface area contributed by atoms with Crippen molar-refractivity contribution in [1.29, 1.82) is 0 Å². The van der Waals surface area contributed by atoms with Crippen molar-refractivity contribution in [1.82, 2.24) is 0 Å². The summed E-state index contributed by atoms with van der Waals surface area (Å²) in [5, 5.41) is 0. The van der Waals surface area contributed by atoms with E-state index in [-0.39, 0.29) is 0 Å². The third kappa shape index (κ3) is 5.11. The van der Waals surface area contributed by atoms with Crippen molar-refractivity contribution < 1.29 is 0 Å². The van der Waals surface area contributed by atoms with Gasteiger partial charge in [0, 0.05) is 5.56 Å². The predicted molar refractivity (Wildman–Crippen MR) is 67.4 cm³/mol. The fourth-order valence-electron chi connectivity index (χ4n) is 1.27. The molecule has 0 atom stereocenters. The summed E-state index contributed by atoms with van der Waals surface area (Å²) in [7, 11) is 0. The second-order valence-electron chi connectivity index (χ2n) is 3.37. The Kier molecular flexibility index (Phi) is 5.61. The number of hydrogen-bond donors (Lipinski definition) is 0. The smallest absolute Gasteiger partial charge is 0.0909 e. The van der Waals surface area contributed by atoms with Crippen LogP contribution in [0.3, 0.4) is 0 Å². The Morgan fingerprint density at radius 1 is 1.20 bits per heavy atom.